The molecule has 1 aliphatic carbocycles. The Bertz CT molecular complexity index is 459. The molecule has 1 saturated carbocycles. The fourth-order valence-corrected chi connectivity index (χ4v) is 3.67. The summed E-state index contributed by atoms with van der Waals surface area (Å²) in [6.07, 6.45) is 1.43. The van der Waals surface area contributed by atoms with Gasteiger partial charge in [-0.2, -0.15) is 0 Å². The zero-order valence-corrected chi connectivity index (χ0v) is 13.4. The fraction of sp³-hybridized carbons (Fsp3) is 0.647. The molecule has 0 bridgehead atoms. The van der Waals surface area contributed by atoms with E-state index < -0.39 is 12.0 Å². The first-order chi connectivity index (χ1) is 9.80. The average molecular weight is 297 g/mol. The van der Waals surface area contributed by atoms with E-state index in [1.165, 1.54) is 5.56 Å². The van der Waals surface area contributed by atoms with Crippen LogP contribution in [0.4, 0.5) is 8.78 Å². The van der Waals surface area contributed by atoms with Crippen LogP contribution in [0.25, 0.3) is 0 Å². The lowest BCUT2D eigenvalue weighted by molar-refractivity contribution is -0.946. The largest absolute Gasteiger partial charge is 0.319 e. The molecule has 21 heavy (non-hydrogen) atoms. The molecule has 1 N–H and O–H groups in total. The van der Waals surface area contributed by atoms with E-state index in [0.29, 0.717) is 10.9 Å². The molecule has 1 aromatic carbocycles. The van der Waals surface area contributed by atoms with Gasteiger partial charge in [-0.1, -0.05) is 30.3 Å². The van der Waals surface area contributed by atoms with Crippen LogP contribution in [0.5, 0.6) is 0 Å². The molecule has 2 rings (SSSR count). The predicted molar refractivity (Wildman–Crippen MR) is 82.4 cm³/mol. The van der Waals surface area contributed by atoms with Gasteiger partial charge in [0.15, 0.2) is 0 Å². The quantitative estimate of drug-likeness (QED) is 0.837. The van der Waals surface area contributed by atoms with Crippen LogP contribution in [0.1, 0.15) is 37.8 Å². The number of nitrogens with zero attached hydrogens (tertiary/aromatic N) is 1. The lowest BCUT2D eigenvalue weighted by atomic mass is 9.83. The van der Waals surface area contributed by atoms with E-state index in [1.807, 2.05) is 18.2 Å². The number of nitrogens with one attached hydrogen (secondary N) is 1. The second-order valence-electron chi connectivity index (χ2n) is 6.70. The first-order valence-electron chi connectivity index (χ1n) is 7.74. The van der Waals surface area contributed by atoms with Crippen LogP contribution in [-0.2, 0) is 0 Å². The Morgan fingerprint density at radius 3 is 2.43 bits per heavy atom. The average Bonchev–Trinajstić information content (AvgIpc) is 2.46. The Labute approximate surface area is 126 Å². The van der Waals surface area contributed by atoms with Crippen molar-refractivity contribution in [3.8, 4) is 0 Å². The Hall–Kier alpha value is -1.00. The van der Waals surface area contributed by atoms with Crippen molar-refractivity contribution in [2.45, 2.75) is 50.2 Å². The SMILES string of the molecule is CNC1C([N+](C)(C)C(C)c2ccccc2)CCCC1(F)F. The van der Waals surface area contributed by atoms with E-state index in [2.05, 4.69) is 38.5 Å². The Balaban J connectivity index is 2.29. The van der Waals surface area contributed by atoms with Crippen LogP contribution in [0.15, 0.2) is 30.3 Å². The summed E-state index contributed by atoms with van der Waals surface area (Å²) in [6.45, 7) is 2.13. The zero-order valence-electron chi connectivity index (χ0n) is 13.4. The normalized spacial score (nSPS) is 27.3. The van der Waals surface area contributed by atoms with Gasteiger partial charge in [-0.3, -0.25) is 0 Å². The van der Waals surface area contributed by atoms with Crippen LogP contribution >= 0.6 is 0 Å². The minimum absolute atomic E-state index is 0.00523. The summed E-state index contributed by atoms with van der Waals surface area (Å²) >= 11 is 0. The molecule has 3 unspecified atom stereocenters. The van der Waals surface area contributed by atoms with Gasteiger partial charge in [-0.25, -0.2) is 8.78 Å². The summed E-state index contributed by atoms with van der Waals surface area (Å²) < 4.78 is 29.1. The molecule has 1 fully saturated rings. The second-order valence-corrected chi connectivity index (χ2v) is 6.70. The maximum Gasteiger partial charge on any atom is 0.268 e. The molecule has 2 nitrogen and oxygen atoms in total. The molecular formula is C17H27F2N2+. The van der Waals surface area contributed by atoms with Crippen LogP contribution in [0, 0.1) is 0 Å². The van der Waals surface area contributed by atoms with E-state index in [9.17, 15) is 8.78 Å². The summed E-state index contributed by atoms with van der Waals surface area (Å²) in [5.41, 5.74) is 1.20. The molecule has 3 atom stereocenters. The van der Waals surface area contributed by atoms with E-state index >= 15 is 0 Å². The Kier molecular flexibility index (Phi) is 4.69. The van der Waals surface area contributed by atoms with Gasteiger partial charge in [0.05, 0.1) is 14.1 Å². The molecule has 1 aliphatic rings. The third-order valence-electron chi connectivity index (χ3n) is 5.30. The number of hydrogen-bond donors (Lipinski definition) is 1. The van der Waals surface area contributed by atoms with Crippen LogP contribution < -0.4 is 5.32 Å². The number of quaternary nitrogens is 1. The summed E-state index contributed by atoms with van der Waals surface area (Å²) in [5.74, 6) is -2.62. The van der Waals surface area contributed by atoms with Gasteiger partial charge in [0.1, 0.15) is 18.1 Å². The number of benzene rings is 1. The molecule has 0 aromatic heterocycles. The van der Waals surface area contributed by atoms with Gasteiger partial charge in [0, 0.05) is 18.4 Å². The van der Waals surface area contributed by atoms with Gasteiger partial charge in [-0.05, 0) is 20.4 Å². The zero-order chi connectivity index (χ0) is 15.7. The molecule has 4 heteroatoms. The monoisotopic (exact) mass is 297 g/mol. The molecular weight excluding hydrogens is 270 g/mol. The smallest absolute Gasteiger partial charge is 0.268 e. The number of hydrogen-bond acceptors (Lipinski definition) is 1. The maximum atomic E-state index is 14.2. The van der Waals surface area contributed by atoms with Crippen molar-refractivity contribution in [2.24, 2.45) is 0 Å². The molecule has 0 radical (unpaired) electrons. The van der Waals surface area contributed by atoms with E-state index in [-0.39, 0.29) is 18.5 Å². The Morgan fingerprint density at radius 2 is 1.86 bits per heavy atom. The van der Waals surface area contributed by atoms with Crippen molar-refractivity contribution in [3.05, 3.63) is 35.9 Å². The first kappa shape index (κ1) is 16.4. The topological polar surface area (TPSA) is 12.0 Å². The van der Waals surface area contributed by atoms with Gasteiger partial charge in [0.25, 0.3) is 5.92 Å². The third-order valence-corrected chi connectivity index (χ3v) is 5.30. The van der Waals surface area contributed by atoms with Gasteiger partial charge >= 0.3 is 0 Å². The molecule has 1 aromatic rings. The van der Waals surface area contributed by atoms with Gasteiger partial charge in [-0.15, -0.1) is 0 Å². The van der Waals surface area contributed by atoms with Crippen molar-refractivity contribution >= 4 is 0 Å². The second kappa shape index (κ2) is 6.01. The number of halogens is 2. The fourth-order valence-electron chi connectivity index (χ4n) is 3.67. The summed E-state index contributed by atoms with van der Waals surface area (Å²) in [7, 11) is 5.81. The number of alkyl halides is 2. The summed E-state index contributed by atoms with van der Waals surface area (Å²) in [6, 6.07) is 9.51. The summed E-state index contributed by atoms with van der Waals surface area (Å²) in [5, 5.41) is 2.89. The van der Waals surface area contributed by atoms with E-state index in [0.717, 1.165) is 6.42 Å². The highest BCUT2D eigenvalue weighted by Gasteiger charge is 2.53. The molecule has 118 valence electrons. The Morgan fingerprint density at radius 1 is 1.24 bits per heavy atom. The highest BCUT2D eigenvalue weighted by molar-refractivity contribution is 5.17. The van der Waals surface area contributed by atoms with Crippen LogP contribution in [0.3, 0.4) is 0 Å². The van der Waals surface area contributed by atoms with Gasteiger partial charge < -0.3 is 9.80 Å². The molecule has 0 heterocycles. The standard InChI is InChI=1S/C17H27F2N2/c1-13(14-9-6-5-7-10-14)21(3,4)15-11-8-12-17(18,19)16(15)20-2/h5-7,9-10,13,15-16,20H,8,11-12H2,1-4H3/q+1. The van der Waals surface area contributed by atoms with Crippen molar-refractivity contribution in [2.75, 3.05) is 21.1 Å². The number of likely N-dealkylation sites (N-methyl/N-ethyl adjacent to an activating group) is 2. The van der Waals surface area contributed by atoms with Crippen LogP contribution in [-0.4, -0.2) is 43.6 Å². The highest BCUT2D eigenvalue weighted by Crippen LogP contribution is 2.40. The van der Waals surface area contributed by atoms with Crippen molar-refractivity contribution < 1.29 is 13.3 Å². The van der Waals surface area contributed by atoms with E-state index in [4.69, 9.17) is 0 Å². The third kappa shape index (κ3) is 3.11. The van der Waals surface area contributed by atoms with E-state index in [1.54, 1.807) is 7.05 Å². The highest BCUT2D eigenvalue weighted by atomic mass is 19.3. The number of rotatable bonds is 4. The minimum atomic E-state index is -2.62. The lowest BCUT2D eigenvalue weighted by Gasteiger charge is -2.49. The molecule has 0 aliphatic heterocycles. The van der Waals surface area contributed by atoms with Crippen molar-refractivity contribution in [1.82, 2.24) is 5.32 Å². The first-order valence-corrected chi connectivity index (χ1v) is 7.74. The summed E-state index contributed by atoms with van der Waals surface area (Å²) in [4.78, 5) is 0. The lowest BCUT2D eigenvalue weighted by Crippen LogP contribution is -2.65. The molecule has 0 spiro atoms. The molecule has 0 amide bonds. The minimum Gasteiger partial charge on any atom is -0.319 e. The predicted octanol–water partition coefficient (Wildman–Crippen LogP) is 3.60. The maximum absolute atomic E-state index is 14.2. The van der Waals surface area contributed by atoms with Crippen molar-refractivity contribution in [3.63, 3.8) is 0 Å². The van der Waals surface area contributed by atoms with Crippen LogP contribution in [0.2, 0.25) is 0 Å². The van der Waals surface area contributed by atoms with Gasteiger partial charge in [0.2, 0.25) is 0 Å². The van der Waals surface area contributed by atoms with Crippen molar-refractivity contribution in [1.29, 1.82) is 0 Å². The molecule has 0 saturated heterocycles.